The van der Waals surface area contributed by atoms with Crippen LogP contribution < -0.4 is 15.0 Å². The zero-order chi connectivity index (χ0) is 38.4. The molecule has 2 aromatic heterocycles. The number of carbonyl (C=O) groups is 3. The third-order valence-electron chi connectivity index (χ3n) is 8.36. The van der Waals surface area contributed by atoms with Crippen molar-refractivity contribution in [2.75, 3.05) is 44.1 Å². The maximum absolute atomic E-state index is 14.9. The number of ether oxygens (including phenoxy) is 3. The summed E-state index contributed by atoms with van der Waals surface area (Å²) in [6.45, 7) is 6.77. The van der Waals surface area contributed by atoms with Gasteiger partial charge in [-0.15, -0.1) is 11.3 Å². The SMILES string of the molecule is COC(=O)c1nc(N2CCc3cccc(C(=O)Nc4nc5ccccc5s4)c3C2)sc1CCCOc1ccc(C#CCN(C)C(=O)OC(C)(C)C)cc1F. The highest BCUT2D eigenvalue weighted by Gasteiger charge is 2.27. The number of anilines is 2. The Balaban J connectivity index is 1.07. The van der Waals surface area contributed by atoms with Gasteiger partial charge in [0.1, 0.15) is 5.60 Å². The van der Waals surface area contributed by atoms with Gasteiger partial charge in [0, 0.05) is 36.1 Å². The standard InChI is InChI=1S/C40H40FN5O6S2/c1-40(2,3)52-39(49)45(4)20-9-11-25-17-18-31(29(41)23-25)51-22-10-16-33-34(36(48)50-5)43-38(54-33)46-21-19-26-12-8-13-27(28(26)24-46)35(47)44-37-42-30-14-6-7-15-32(30)53-37/h6-8,12-15,17-18,23H,10,16,19-22,24H2,1-5H3,(H,42,44,47). The number of thiazole rings is 2. The van der Waals surface area contributed by atoms with Crippen LogP contribution in [0.1, 0.15) is 69.6 Å². The molecule has 0 saturated heterocycles. The van der Waals surface area contributed by atoms with E-state index in [0.717, 1.165) is 26.2 Å². The van der Waals surface area contributed by atoms with Gasteiger partial charge >= 0.3 is 12.1 Å². The lowest BCUT2D eigenvalue weighted by molar-refractivity contribution is 0.0320. The predicted molar refractivity (Wildman–Crippen MR) is 208 cm³/mol. The fraction of sp³-hybridized carbons (Fsp3) is 0.325. The van der Waals surface area contributed by atoms with Crippen molar-refractivity contribution < 1.29 is 33.0 Å². The van der Waals surface area contributed by atoms with Crippen molar-refractivity contribution in [1.82, 2.24) is 14.9 Å². The lowest BCUT2D eigenvalue weighted by Crippen LogP contribution is -2.34. The molecular formula is C40H40FN5O6S2. The number of methoxy groups -OCH3 is 1. The van der Waals surface area contributed by atoms with Crippen molar-refractivity contribution >= 4 is 61.1 Å². The van der Waals surface area contributed by atoms with Crippen molar-refractivity contribution in [1.29, 1.82) is 0 Å². The minimum Gasteiger partial charge on any atom is -0.491 e. The number of rotatable bonds is 10. The van der Waals surface area contributed by atoms with Gasteiger partial charge in [-0.25, -0.2) is 23.9 Å². The van der Waals surface area contributed by atoms with Gasteiger partial charge in [0.2, 0.25) is 0 Å². The van der Waals surface area contributed by atoms with Gasteiger partial charge in [-0.2, -0.15) is 0 Å². The lowest BCUT2D eigenvalue weighted by atomic mass is 9.94. The fourth-order valence-electron chi connectivity index (χ4n) is 5.72. The molecule has 0 saturated carbocycles. The maximum atomic E-state index is 14.9. The highest BCUT2D eigenvalue weighted by atomic mass is 32.1. The van der Waals surface area contributed by atoms with E-state index in [0.29, 0.717) is 53.7 Å². The van der Waals surface area contributed by atoms with E-state index < -0.39 is 23.5 Å². The summed E-state index contributed by atoms with van der Waals surface area (Å²) in [7, 11) is 2.90. The number of para-hydroxylation sites is 1. The van der Waals surface area contributed by atoms with Gasteiger partial charge in [-0.05, 0) is 87.6 Å². The summed E-state index contributed by atoms with van der Waals surface area (Å²) in [5.74, 6) is 4.47. The van der Waals surface area contributed by atoms with Crippen LogP contribution in [-0.2, 0) is 28.9 Å². The van der Waals surface area contributed by atoms with E-state index >= 15 is 0 Å². The number of benzene rings is 3. The molecule has 0 unspecified atom stereocenters. The number of esters is 1. The molecule has 5 aromatic rings. The van der Waals surface area contributed by atoms with Crippen molar-refractivity contribution in [3.8, 4) is 17.6 Å². The first-order chi connectivity index (χ1) is 25.9. The monoisotopic (exact) mass is 769 g/mol. The maximum Gasteiger partial charge on any atom is 0.410 e. The van der Waals surface area contributed by atoms with E-state index in [1.54, 1.807) is 33.9 Å². The van der Waals surface area contributed by atoms with E-state index in [2.05, 4.69) is 32.0 Å². The number of carbonyl (C=O) groups excluding carboxylic acids is 3. The molecule has 0 bridgehead atoms. The molecule has 1 N–H and O–H groups in total. The molecule has 0 fully saturated rings. The Morgan fingerprint density at radius 1 is 1.06 bits per heavy atom. The number of hydrogen-bond acceptors (Lipinski definition) is 11. The van der Waals surface area contributed by atoms with Crippen LogP contribution in [0.15, 0.2) is 60.7 Å². The molecule has 11 nitrogen and oxygen atoms in total. The molecule has 0 atom stereocenters. The fourth-order valence-corrected chi connectivity index (χ4v) is 7.70. The summed E-state index contributed by atoms with van der Waals surface area (Å²) >= 11 is 2.82. The highest BCUT2D eigenvalue weighted by molar-refractivity contribution is 7.22. The number of aromatic nitrogens is 2. The second-order valence-electron chi connectivity index (χ2n) is 13.6. The molecule has 2 amide bonds. The first-order valence-electron chi connectivity index (χ1n) is 17.3. The van der Waals surface area contributed by atoms with Gasteiger partial charge in [0.15, 0.2) is 27.5 Å². The van der Waals surface area contributed by atoms with Crippen LogP contribution in [0.2, 0.25) is 0 Å². The largest absolute Gasteiger partial charge is 0.491 e. The minimum atomic E-state index is -0.613. The number of nitrogens with zero attached hydrogens (tertiary/aromatic N) is 4. The quantitative estimate of drug-likeness (QED) is 0.0864. The van der Waals surface area contributed by atoms with Crippen LogP contribution in [-0.4, -0.2) is 72.3 Å². The van der Waals surface area contributed by atoms with Crippen LogP contribution in [0.25, 0.3) is 10.2 Å². The second-order valence-corrected chi connectivity index (χ2v) is 15.6. The lowest BCUT2D eigenvalue weighted by Gasteiger charge is -2.29. The van der Waals surface area contributed by atoms with Crippen molar-refractivity contribution in [3.05, 3.63) is 99.3 Å². The molecule has 3 heterocycles. The smallest absolute Gasteiger partial charge is 0.410 e. The molecule has 0 radical (unpaired) electrons. The number of aryl methyl sites for hydroxylation is 1. The number of hydrogen-bond donors (Lipinski definition) is 1. The molecule has 3 aromatic carbocycles. The molecule has 1 aliphatic rings. The molecule has 14 heteroatoms. The molecule has 0 aliphatic carbocycles. The highest BCUT2D eigenvalue weighted by Crippen LogP contribution is 2.34. The van der Waals surface area contributed by atoms with Crippen LogP contribution in [0.3, 0.4) is 0 Å². The van der Waals surface area contributed by atoms with Crippen molar-refractivity contribution in [2.45, 2.75) is 52.2 Å². The first-order valence-corrected chi connectivity index (χ1v) is 19.0. The molecule has 0 spiro atoms. The molecular weight excluding hydrogens is 730 g/mol. The van der Waals surface area contributed by atoms with Crippen molar-refractivity contribution in [3.63, 3.8) is 0 Å². The topological polar surface area (TPSA) is 123 Å². The Morgan fingerprint density at radius 2 is 1.87 bits per heavy atom. The number of amides is 2. The number of nitrogens with one attached hydrogen (secondary N) is 1. The van der Waals surface area contributed by atoms with Crippen LogP contribution in [0.4, 0.5) is 19.4 Å². The molecule has 54 heavy (non-hydrogen) atoms. The Hall–Kier alpha value is -5.52. The average Bonchev–Trinajstić information content (AvgIpc) is 3.76. The Labute approximate surface area is 321 Å². The third kappa shape index (κ3) is 9.34. The zero-order valence-electron chi connectivity index (χ0n) is 30.7. The zero-order valence-corrected chi connectivity index (χ0v) is 32.3. The van der Waals surface area contributed by atoms with Gasteiger partial charge in [0.25, 0.3) is 5.91 Å². The van der Waals surface area contributed by atoms with Gasteiger partial charge < -0.3 is 24.0 Å². The summed E-state index contributed by atoms with van der Waals surface area (Å²) < 4.78 is 32.0. The Bertz CT molecular complexity index is 2220. The van der Waals surface area contributed by atoms with E-state index in [1.165, 1.54) is 46.8 Å². The molecule has 280 valence electrons. The number of fused-ring (bicyclic) bond motifs is 2. The van der Waals surface area contributed by atoms with Gasteiger partial charge in [-0.3, -0.25) is 10.1 Å². The summed E-state index contributed by atoms with van der Waals surface area (Å²) in [6, 6.07) is 17.9. The van der Waals surface area contributed by atoms with E-state index in [-0.39, 0.29) is 30.5 Å². The Kier molecular flexibility index (Phi) is 11.8. The van der Waals surface area contributed by atoms with E-state index in [4.69, 9.17) is 14.2 Å². The van der Waals surface area contributed by atoms with Crippen LogP contribution >= 0.6 is 22.7 Å². The summed E-state index contributed by atoms with van der Waals surface area (Å²) in [4.78, 5) is 51.8. The average molecular weight is 770 g/mol. The Morgan fingerprint density at radius 3 is 2.63 bits per heavy atom. The van der Waals surface area contributed by atoms with E-state index in [1.807, 2.05) is 42.5 Å². The second kappa shape index (κ2) is 16.7. The van der Waals surface area contributed by atoms with Crippen LogP contribution in [0.5, 0.6) is 5.75 Å². The summed E-state index contributed by atoms with van der Waals surface area (Å²) in [5.41, 5.74) is 3.45. The number of halogens is 1. The third-order valence-corrected chi connectivity index (χ3v) is 10.5. The summed E-state index contributed by atoms with van der Waals surface area (Å²) in [6.07, 6.45) is 1.16. The van der Waals surface area contributed by atoms with Crippen molar-refractivity contribution in [2.24, 2.45) is 0 Å². The molecule has 1 aliphatic heterocycles. The van der Waals surface area contributed by atoms with E-state index in [9.17, 15) is 18.8 Å². The summed E-state index contributed by atoms with van der Waals surface area (Å²) in [5, 5.41) is 4.16. The van der Waals surface area contributed by atoms with Gasteiger partial charge in [0.05, 0.1) is 30.5 Å². The normalized spacial score (nSPS) is 12.4. The van der Waals surface area contributed by atoms with Crippen LogP contribution in [0, 0.1) is 17.7 Å². The first kappa shape index (κ1) is 38.2. The van der Waals surface area contributed by atoms with Gasteiger partial charge in [-0.1, -0.05) is 47.4 Å². The minimum absolute atomic E-state index is 0.0829. The molecule has 6 rings (SSSR count). The predicted octanol–water partition coefficient (Wildman–Crippen LogP) is 7.72.